The van der Waals surface area contributed by atoms with Crippen molar-refractivity contribution in [2.24, 2.45) is 0 Å². The van der Waals surface area contributed by atoms with Gasteiger partial charge < -0.3 is 5.32 Å². The second-order valence-corrected chi connectivity index (χ2v) is 3.82. The number of hydrogen-bond acceptors (Lipinski definition) is 3. The van der Waals surface area contributed by atoms with Crippen LogP contribution in [0.2, 0.25) is 0 Å². The Morgan fingerprint density at radius 3 is 2.60 bits per heavy atom. The molecule has 0 bridgehead atoms. The molecule has 0 heterocycles. The van der Waals surface area contributed by atoms with Gasteiger partial charge in [-0.3, -0.25) is 4.79 Å². The van der Waals surface area contributed by atoms with Crippen molar-refractivity contribution in [3.05, 3.63) is 47.0 Å². The monoisotopic (exact) mass is 221 g/mol. The zero-order chi connectivity index (χ0) is 11.1. The molecule has 1 aromatic rings. The first-order valence-corrected chi connectivity index (χ1v) is 6.09. The summed E-state index contributed by atoms with van der Waals surface area (Å²) in [6, 6.07) is 9.28. The average molecular weight is 221 g/mol. The van der Waals surface area contributed by atoms with Gasteiger partial charge in [0.2, 0.25) is 0 Å². The van der Waals surface area contributed by atoms with Gasteiger partial charge in [-0.05, 0) is 13.2 Å². The van der Waals surface area contributed by atoms with Crippen LogP contribution < -0.4 is 5.32 Å². The van der Waals surface area contributed by atoms with Crippen LogP contribution in [-0.4, -0.2) is 18.6 Å². The SMILES string of the molecule is CCN/C(=C\C(=O)c1ccccc1)SC. The Morgan fingerprint density at radius 1 is 1.40 bits per heavy atom. The molecule has 1 aromatic carbocycles. The summed E-state index contributed by atoms with van der Waals surface area (Å²) < 4.78 is 0. The van der Waals surface area contributed by atoms with Crippen LogP contribution in [0.3, 0.4) is 0 Å². The van der Waals surface area contributed by atoms with Crippen molar-refractivity contribution >= 4 is 17.5 Å². The number of hydrogen-bond donors (Lipinski definition) is 1. The van der Waals surface area contributed by atoms with Crippen molar-refractivity contribution in [1.82, 2.24) is 5.32 Å². The molecule has 0 saturated heterocycles. The molecule has 3 heteroatoms. The number of ketones is 1. The Balaban J connectivity index is 2.77. The molecule has 1 N–H and O–H groups in total. The summed E-state index contributed by atoms with van der Waals surface area (Å²) >= 11 is 1.55. The van der Waals surface area contributed by atoms with Crippen LogP contribution in [0.5, 0.6) is 0 Å². The van der Waals surface area contributed by atoms with E-state index in [2.05, 4.69) is 5.32 Å². The first-order valence-electron chi connectivity index (χ1n) is 4.87. The third kappa shape index (κ3) is 3.80. The highest BCUT2D eigenvalue weighted by molar-refractivity contribution is 8.02. The molecule has 0 amide bonds. The van der Waals surface area contributed by atoms with Crippen LogP contribution in [0, 0.1) is 0 Å². The fraction of sp³-hybridized carbons (Fsp3) is 0.250. The highest BCUT2D eigenvalue weighted by atomic mass is 32.2. The van der Waals surface area contributed by atoms with E-state index in [4.69, 9.17) is 0 Å². The molecule has 0 spiro atoms. The molecule has 0 saturated carbocycles. The molecular formula is C12H15NOS. The lowest BCUT2D eigenvalue weighted by Gasteiger charge is -2.04. The molecule has 0 atom stereocenters. The van der Waals surface area contributed by atoms with Gasteiger partial charge in [0.05, 0.1) is 5.03 Å². The van der Waals surface area contributed by atoms with Crippen LogP contribution in [0.15, 0.2) is 41.4 Å². The van der Waals surface area contributed by atoms with Crippen molar-refractivity contribution in [1.29, 1.82) is 0 Å². The highest BCUT2D eigenvalue weighted by Gasteiger charge is 2.02. The van der Waals surface area contributed by atoms with Crippen molar-refractivity contribution in [3.8, 4) is 0 Å². The van der Waals surface area contributed by atoms with Gasteiger partial charge in [-0.2, -0.15) is 0 Å². The summed E-state index contributed by atoms with van der Waals surface area (Å²) in [6.45, 7) is 2.84. The Labute approximate surface area is 94.8 Å². The summed E-state index contributed by atoms with van der Waals surface area (Å²) in [7, 11) is 0. The molecule has 2 nitrogen and oxygen atoms in total. The first-order chi connectivity index (χ1) is 7.27. The minimum atomic E-state index is 0.0425. The fourth-order valence-corrected chi connectivity index (χ4v) is 1.67. The van der Waals surface area contributed by atoms with Gasteiger partial charge in [0.25, 0.3) is 0 Å². The third-order valence-corrected chi connectivity index (χ3v) is 2.59. The molecule has 0 fully saturated rings. The molecule has 0 aromatic heterocycles. The summed E-state index contributed by atoms with van der Waals surface area (Å²) in [6.07, 6.45) is 3.59. The van der Waals surface area contributed by atoms with Crippen LogP contribution in [0.25, 0.3) is 0 Å². The van der Waals surface area contributed by atoms with Gasteiger partial charge in [0, 0.05) is 18.2 Å². The van der Waals surface area contributed by atoms with Crippen LogP contribution in [-0.2, 0) is 0 Å². The lowest BCUT2D eigenvalue weighted by atomic mass is 10.1. The van der Waals surface area contributed by atoms with Crippen LogP contribution in [0.1, 0.15) is 17.3 Å². The molecule has 15 heavy (non-hydrogen) atoms. The van der Waals surface area contributed by atoms with E-state index < -0.39 is 0 Å². The number of thioether (sulfide) groups is 1. The van der Waals surface area contributed by atoms with Crippen molar-refractivity contribution in [3.63, 3.8) is 0 Å². The maximum Gasteiger partial charge on any atom is 0.188 e. The van der Waals surface area contributed by atoms with Gasteiger partial charge >= 0.3 is 0 Å². The summed E-state index contributed by atoms with van der Waals surface area (Å²) in [5, 5.41) is 4.04. The van der Waals surface area contributed by atoms with Crippen molar-refractivity contribution in [2.45, 2.75) is 6.92 Å². The fourth-order valence-electron chi connectivity index (χ4n) is 1.16. The van der Waals surface area contributed by atoms with Crippen LogP contribution >= 0.6 is 11.8 Å². The number of allylic oxidation sites excluding steroid dienone is 1. The first kappa shape index (κ1) is 11.9. The molecule has 0 aliphatic carbocycles. The second-order valence-electron chi connectivity index (χ2n) is 2.97. The van der Waals surface area contributed by atoms with E-state index >= 15 is 0 Å². The Hall–Kier alpha value is -1.22. The predicted molar refractivity (Wildman–Crippen MR) is 66.0 cm³/mol. The largest absolute Gasteiger partial charge is 0.380 e. The number of carbonyl (C=O) groups is 1. The predicted octanol–water partition coefficient (Wildman–Crippen LogP) is 2.68. The normalized spacial score (nSPS) is 11.2. The standard InChI is InChI=1S/C12H15NOS/c1-3-13-12(15-2)9-11(14)10-7-5-4-6-8-10/h4-9,13H,3H2,1-2H3/b12-9+. The third-order valence-electron chi connectivity index (χ3n) is 1.89. The summed E-state index contributed by atoms with van der Waals surface area (Å²) in [5.41, 5.74) is 0.724. The Bertz CT molecular complexity index is 346. The molecule has 80 valence electrons. The number of benzene rings is 1. The summed E-state index contributed by atoms with van der Waals surface area (Å²) in [5.74, 6) is 0.0425. The van der Waals surface area contributed by atoms with Gasteiger partial charge in [0.1, 0.15) is 0 Å². The molecule has 0 unspecified atom stereocenters. The van der Waals surface area contributed by atoms with Gasteiger partial charge in [-0.25, -0.2) is 0 Å². The van der Waals surface area contributed by atoms with E-state index in [1.54, 1.807) is 17.8 Å². The molecule has 1 rings (SSSR count). The van der Waals surface area contributed by atoms with Crippen molar-refractivity contribution < 1.29 is 4.79 Å². The van der Waals surface area contributed by atoms with Gasteiger partial charge in [-0.1, -0.05) is 30.3 Å². The topological polar surface area (TPSA) is 29.1 Å². The smallest absolute Gasteiger partial charge is 0.188 e. The lowest BCUT2D eigenvalue weighted by Crippen LogP contribution is -2.11. The maximum absolute atomic E-state index is 11.8. The van der Waals surface area contributed by atoms with Crippen molar-refractivity contribution in [2.75, 3.05) is 12.8 Å². The second kappa shape index (κ2) is 6.30. The minimum absolute atomic E-state index is 0.0425. The Kier molecular flexibility index (Phi) is 4.98. The van der Waals surface area contributed by atoms with E-state index in [-0.39, 0.29) is 5.78 Å². The van der Waals surface area contributed by atoms with Gasteiger partial charge in [0.15, 0.2) is 5.78 Å². The molecular weight excluding hydrogens is 206 g/mol. The van der Waals surface area contributed by atoms with Gasteiger partial charge in [-0.15, -0.1) is 11.8 Å². The van der Waals surface area contributed by atoms with E-state index in [0.29, 0.717) is 0 Å². The average Bonchev–Trinajstić information content (AvgIpc) is 2.29. The lowest BCUT2D eigenvalue weighted by molar-refractivity contribution is 0.104. The number of carbonyl (C=O) groups excluding carboxylic acids is 1. The Morgan fingerprint density at radius 2 is 2.07 bits per heavy atom. The zero-order valence-electron chi connectivity index (χ0n) is 8.99. The van der Waals surface area contributed by atoms with E-state index in [1.165, 1.54) is 0 Å². The highest BCUT2D eigenvalue weighted by Crippen LogP contribution is 2.10. The molecule has 0 aliphatic rings. The minimum Gasteiger partial charge on any atom is -0.380 e. The van der Waals surface area contributed by atoms with E-state index in [0.717, 1.165) is 17.1 Å². The number of nitrogens with one attached hydrogen (secondary N) is 1. The van der Waals surface area contributed by atoms with E-state index in [9.17, 15) is 4.79 Å². The quantitative estimate of drug-likeness (QED) is 0.612. The summed E-state index contributed by atoms with van der Waals surface area (Å²) in [4.78, 5) is 11.8. The maximum atomic E-state index is 11.8. The van der Waals surface area contributed by atoms with E-state index in [1.807, 2.05) is 43.5 Å². The van der Waals surface area contributed by atoms with Crippen LogP contribution in [0.4, 0.5) is 0 Å². The number of rotatable bonds is 5. The molecule has 0 aliphatic heterocycles. The zero-order valence-corrected chi connectivity index (χ0v) is 9.80. The molecule has 0 radical (unpaired) electrons.